The number of morpholine rings is 1. The molecule has 160 valence electrons. The summed E-state index contributed by atoms with van der Waals surface area (Å²) in [5.41, 5.74) is 2.86. The fourth-order valence-electron chi connectivity index (χ4n) is 3.96. The van der Waals surface area contributed by atoms with Gasteiger partial charge in [0.15, 0.2) is 10.6 Å². The number of carbonyl (C=O) groups excluding carboxylic acids is 1. The summed E-state index contributed by atoms with van der Waals surface area (Å²) in [4.78, 5) is 23.8. The average Bonchev–Trinajstić information content (AvgIpc) is 2.77. The van der Waals surface area contributed by atoms with Gasteiger partial charge in [0.1, 0.15) is 17.3 Å². The van der Waals surface area contributed by atoms with Crippen molar-refractivity contribution in [2.24, 2.45) is 0 Å². The number of nitrogens with one attached hydrogen (secondary N) is 2. The molecule has 30 heavy (non-hydrogen) atoms. The van der Waals surface area contributed by atoms with Crippen LogP contribution in [-0.2, 0) is 21.2 Å². The second-order valence-electron chi connectivity index (χ2n) is 7.68. The first-order chi connectivity index (χ1) is 14.6. The van der Waals surface area contributed by atoms with E-state index in [4.69, 9.17) is 14.7 Å². The first-order valence-corrected chi connectivity index (χ1v) is 11.7. The number of hydrogen-bond donors (Lipinski definition) is 2. The Bertz CT molecular complexity index is 880. The number of carbonyl (C=O) groups is 1. The molecule has 2 amide bonds. The molecule has 0 unspecified atom stereocenters. The van der Waals surface area contributed by atoms with Crippen LogP contribution in [-0.4, -0.2) is 55.1 Å². The predicted octanol–water partition coefficient (Wildman–Crippen LogP) is 2.95. The minimum Gasteiger partial charge on any atom is -0.378 e. The maximum absolute atomic E-state index is 11.5. The summed E-state index contributed by atoms with van der Waals surface area (Å²) in [6, 6.07) is 9.69. The molecular weight excluding hydrogens is 398 g/mol. The van der Waals surface area contributed by atoms with Crippen LogP contribution in [0.4, 0.5) is 16.3 Å². The number of thiol groups is 1. The minimum atomic E-state index is -0.235. The van der Waals surface area contributed by atoms with Crippen LogP contribution in [0.15, 0.2) is 30.3 Å². The Kier molecular flexibility index (Phi) is 6.43. The molecule has 2 fully saturated rings. The van der Waals surface area contributed by atoms with Crippen molar-refractivity contribution in [1.29, 1.82) is 0 Å². The summed E-state index contributed by atoms with van der Waals surface area (Å²) in [6.45, 7) is 5.40. The standard InChI is InChI=1S/C22H29N5O2S/c1-3-30-22(9-4-10-22)18-15-19(27-11-13-29-14-12-27)26-20(25-18)16-5-7-17(8-6-16)24-21(28)23-2/h5-8,15H,3-4,9-14H2,1-2H3,(H2,23,24,28)/p+1. The lowest BCUT2D eigenvalue weighted by Crippen LogP contribution is -2.39. The van der Waals surface area contributed by atoms with Gasteiger partial charge in [0.25, 0.3) is 0 Å². The summed E-state index contributed by atoms with van der Waals surface area (Å²) in [5.74, 6) is 2.87. The topological polar surface area (TPSA) is 79.4 Å². The number of hydrogen-bond acceptors (Lipinski definition) is 5. The third-order valence-corrected chi connectivity index (χ3v) is 7.39. The smallest absolute Gasteiger partial charge is 0.318 e. The molecule has 0 bridgehead atoms. The summed E-state index contributed by atoms with van der Waals surface area (Å²) >= 11 is 1.45. The molecule has 2 heterocycles. The Morgan fingerprint density at radius 2 is 1.93 bits per heavy atom. The predicted molar refractivity (Wildman–Crippen MR) is 123 cm³/mol. The van der Waals surface area contributed by atoms with E-state index in [1.54, 1.807) is 7.05 Å². The van der Waals surface area contributed by atoms with Crippen molar-refractivity contribution in [3.05, 3.63) is 36.0 Å². The van der Waals surface area contributed by atoms with Crippen LogP contribution >= 0.6 is 0 Å². The molecule has 2 aliphatic rings. The zero-order valence-corrected chi connectivity index (χ0v) is 18.5. The molecule has 8 heteroatoms. The monoisotopic (exact) mass is 428 g/mol. The first-order valence-electron chi connectivity index (χ1n) is 10.6. The number of aromatic nitrogens is 2. The van der Waals surface area contributed by atoms with E-state index in [-0.39, 0.29) is 10.8 Å². The van der Waals surface area contributed by atoms with Gasteiger partial charge in [0.2, 0.25) is 0 Å². The highest BCUT2D eigenvalue weighted by Gasteiger charge is 2.47. The summed E-state index contributed by atoms with van der Waals surface area (Å²) < 4.78 is 5.69. The number of benzene rings is 1. The highest BCUT2D eigenvalue weighted by atomic mass is 32.2. The fraction of sp³-hybridized carbons (Fsp3) is 0.500. The first kappa shape index (κ1) is 20.9. The quantitative estimate of drug-likeness (QED) is 0.546. The Hall–Kier alpha value is -2.32. The van der Waals surface area contributed by atoms with Crippen molar-refractivity contribution < 1.29 is 9.53 Å². The maximum atomic E-state index is 11.5. The Balaban J connectivity index is 1.69. The number of ether oxygens (including phenoxy) is 1. The van der Waals surface area contributed by atoms with Gasteiger partial charge in [-0.3, -0.25) is 0 Å². The average molecular weight is 429 g/mol. The van der Waals surface area contributed by atoms with E-state index in [1.807, 2.05) is 24.3 Å². The molecule has 1 aromatic carbocycles. The Morgan fingerprint density at radius 1 is 1.20 bits per heavy atom. The van der Waals surface area contributed by atoms with E-state index in [9.17, 15) is 4.79 Å². The highest BCUT2D eigenvalue weighted by molar-refractivity contribution is 7.79. The molecular formula is C22H30N5O2S+. The largest absolute Gasteiger partial charge is 0.378 e. The molecule has 1 aliphatic heterocycles. The molecule has 0 atom stereocenters. The lowest BCUT2D eigenvalue weighted by molar-refractivity contribution is 0.122. The molecule has 1 aliphatic carbocycles. The Morgan fingerprint density at radius 3 is 2.53 bits per heavy atom. The van der Waals surface area contributed by atoms with Gasteiger partial charge in [-0.2, -0.15) is 0 Å². The van der Waals surface area contributed by atoms with Crippen molar-refractivity contribution in [2.45, 2.75) is 30.9 Å². The van der Waals surface area contributed by atoms with Gasteiger partial charge >= 0.3 is 6.03 Å². The van der Waals surface area contributed by atoms with E-state index >= 15 is 0 Å². The minimum absolute atomic E-state index is 0.161. The van der Waals surface area contributed by atoms with E-state index in [0.717, 1.165) is 60.6 Å². The molecule has 2 N–H and O–H groups in total. The van der Waals surface area contributed by atoms with Crippen LogP contribution in [0, 0.1) is 0 Å². The fourth-order valence-corrected chi connectivity index (χ4v) is 5.48. The van der Waals surface area contributed by atoms with Crippen molar-refractivity contribution in [3.63, 3.8) is 0 Å². The second kappa shape index (κ2) is 9.22. The zero-order chi connectivity index (χ0) is 21.0. The number of amides is 2. The van der Waals surface area contributed by atoms with Crippen molar-refractivity contribution >= 4 is 29.3 Å². The Labute approximate surface area is 182 Å². The molecule has 4 rings (SSSR count). The number of rotatable bonds is 6. The van der Waals surface area contributed by atoms with Gasteiger partial charge in [-0.05, 0) is 49.4 Å². The SMILES string of the molecule is CC[SH+]C1(c2cc(N3CCOCC3)nc(-c3ccc(NC(=O)NC)cc3)n2)CCC1. The van der Waals surface area contributed by atoms with Crippen molar-refractivity contribution in [2.75, 3.05) is 49.3 Å². The lowest BCUT2D eigenvalue weighted by atomic mass is 9.81. The highest BCUT2D eigenvalue weighted by Crippen LogP contribution is 2.45. The summed E-state index contributed by atoms with van der Waals surface area (Å²) in [5, 5.41) is 5.35. The molecule has 0 radical (unpaired) electrons. The molecule has 1 saturated heterocycles. The van der Waals surface area contributed by atoms with Crippen LogP contribution in [0.25, 0.3) is 11.4 Å². The van der Waals surface area contributed by atoms with Gasteiger partial charge in [-0.25, -0.2) is 14.8 Å². The van der Waals surface area contributed by atoms with Gasteiger partial charge in [0, 0.05) is 50.3 Å². The van der Waals surface area contributed by atoms with E-state index in [1.165, 1.54) is 31.0 Å². The third kappa shape index (κ3) is 4.39. The molecule has 2 aromatic rings. The summed E-state index contributed by atoms with van der Waals surface area (Å²) in [6.07, 6.45) is 3.64. The van der Waals surface area contributed by atoms with E-state index < -0.39 is 0 Å². The van der Waals surface area contributed by atoms with E-state index in [2.05, 4.69) is 28.5 Å². The van der Waals surface area contributed by atoms with Crippen LogP contribution < -0.4 is 15.5 Å². The number of anilines is 2. The maximum Gasteiger partial charge on any atom is 0.318 e. The molecule has 0 spiro atoms. The molecule has 7 nitrogen and oxygen atoms in total. The van der Waals surface area contributed by atoms with Gasteiger partial charge < -0.3 is 20.3 Å². The van der Waals surface area contributed by atoms with Crippen LogP contribution in [0.3, 0.4) is 0 Å². The van der Waals surface area contributed by atoms with E-state index in [0.29, 0.717) is 0 Å². The molecule has 1 saturated carbocycles. The second-order valence-corrected chi connectivity index (χ2v) is 9.48. The van der Waals surface area contributed by atoms with Gasteiger partial charge in [-0.1, -0.05) is 0 Å². The van der Waals surface area contributed by atoms with Gasteiger partial charge in [0.05, 0.1) is 13.2 Å². The van der Waals surface area contributed by atoms with Crippen LogP contribution in [0.5, 0.6) is 0 Å². The zero-order valence-electron chi connectivity index (χ0n) is 17.6. The van der Waals surface area contributed by atoms with Crippen molar-refractivity contribution in [1.82, 2.24) is 15.3 Å². The van der Waals surface area contributed by atoms with Crippen molar-refractivity contribution in [3.8, 4) is 11.4 Å². The molecule has 1 aromatic heterocycles. The summed E-state index contributed by atoms with van der Waals surface area (Å²) in [7, 11) is 1.60. The number of urea groups is 1. The van der Waals surface area contributed by atoms with Gasteiger partial charge in [-0.15, -0.1) is 0 Å². The lowest BCUT2D eigenvalue weighted by Gasteiger charge is -2.35. The number of nitrogens with zero attached hydrogens (tertiary/aromatic N) is 3. The normalized spacial score (nSPS) is 17.9. The van der Waals surface area contributed by atoms with Crippen LogP contribution in [0.1, 0.15) is 31.9 Å². The van der Waals surface area contributed by atoms with Crippen LogP contribution in [0.2, 0.25) is 0 Å². The third-order valence-electron chi connectivity index (χ3n) is 5.79.